The standard InChI is InChI=1S/C15H10N6O/c16-6-8-1-3-9(4-2-8)21-12(22)5-10-13(18)11(7-17)14(19)20-15(10)21/h1-4H,5H2,(H4,18,19,20). The molecule has 1 amide bonds. The third-order valence-corrected chi connectivity index (χ3v) is 3.50. The number of fused-ring (bicyclic) bond motifs is 1. The van der Waals surface area contributed by atoms with Crippen LogP contribution < -0.4 is 16.4 Å². The molecule has 0 saturated carbocycles. The highest BCUT2D eigenvalue weighted by molar-refractivity contribution is 6.08. The Morgan fingerprint density at radius 2 is 1.82 bits per heavy atom. The van der Waals surface area contributed by atoms with Gasteiger partial charge in [-0.2, -0.15) is 10.5 Å². The zero-order valence-corrected chi connectivity index (χ0v) is 11.4. The van der Waals surface area contributed by atoms with Crippen molar-refractivity contribution in [1.82, 2.24) is 4.98 Å². The Morgan fingerprint density at radius 1 is 1.14 bits per heavy atom. The Morgan fingerprint density at radius 3 is 2.41 bits per heavy atom. The summed E-state index contributed by atoms with van der Waals surface area (Å²) in [6, 6.07) is 10.4. The second-order valence-corrected chi connectivity index (χ2v) is 4.76. The number of nitrogens with two attached hydrogens (primary N) is 2. The first kappa shape index (κ1) is 13.4. The highest BCUT2D eigenvalue weighted by atomic mass is 16.2. The van der Waals surface area contributed by atoms with Crippen LogP contribution in [0.4, 0.5) is 23.0 Å². The molecule has 1 aromatic carbocycles. The summed E-state index contributed by atoms with van der Waals surface area (Å²) in [7, 11) is 0. The van der Waals surface area contributed by atoms with Crippen LogP contribution in [0.3, 0.4) is 0 Å². The number of nitrogen functional groups attached to an aromatic ring is 2. The maximum absolute atomic E-state index is 12.3. The van der Waals surface area contributed by atoms with Crippen molar-refractivity contribution in [3.05, 3.63) is 41.0 Å². The largest absolute Gasteiger partial charge is 0.397 e. The lowest BCUT2D eigenvalue weighted by Gasteiger charge is -2.17. The van der Waals surface area contributed by atoms with Crippen LogP contribution in [0.25, 0.3) is 0 Å². The number of nitrogens with zero attached hydrogens (tertiary/aromatic N) is 4. The molecule has 7 nitrogen and oxygen atoms in total. The molecular weight excluding hydrogens is 280 g/mol. The van der Waals surface area contributed by atoms with E-state index in [-0.39, 0.29) is 29.4 Å². The summed E-state index contributed by atoms with van der Waals surface area (Å²) in [5, 5.41) is 17.9. The summed E-state index contributed by atoms with van der Waals surface area (Å²) in [5.74, 6) is 0.115. The lowest BCUT2D eigenvalue weighted by Crippen LogP contribution is -2.21. The summed E-state index contributed by atoms with van der Waals surface area (Å²) < 4.78 is 0. The Kier molecular flexibility index (Phi) is 2.90. The van der Waals surface area contributed by atoms with Gasteiger partial charge in [0.1, 0.15) is 23.3 Å². The van der Waals surface area contributed by atoms with Gasteiger partial charge in [0.05, 0.1) is 29.4 Å². The number of anilines is 4. The molecule has 22 heavy (non-hydrogen) atoms. The molecule has 4 N–H and O–H groups in total. The van der Waals surface area contributed by atoms with E-state index in [4.69, 9.17) is 22.0 Å². The predicted molar refractivity (Wildman–Crippen MR) is 79.8 cm³/mol. The highest BCUT2D eigenvalue weighted by Crippen LogP contribution is 2.39. The molecular formula is C15H10N6O. The van der Waals surface area contributed by atoms with Gasteiger partial charge in [0.15, 0.2) is 0 Å². The van der Waals surface area contributed by atoms with E-state index in [1.54, 1.807) is 24.3 Å². The van der Waals surface area contributed by atoms with Crippen LogP contribution in [-0.2, 0) is 11.2 Å². The summed E-state index contributed by atoms with van der Waals surface area (Å²) in [4.78, 5) is 17.8. The van der Waals surface area contributed by atoms with Crippen molar-refractivity contribution < 1.29 is 4.79 Å². The van der Waals surface area contributed by atoms with Crippen LogP contribution in [0.15, 0.2) is 24.3 Å². The molecule has 1 aromatic heterocycles. The Balaban J connectivity index is 2.16. The zero-order valence-electron chi connectivity index (χ0n) is 11.4. The van der Waals surface area contributed by atoms with Crippen LogP contribution in [0.2, 0.25) is 0 Å². The SMILES string of the molecule is N#Cc1ccc(N2C(=O)Cc3c2nc(N)c(C#N)c3N)cc1. The summed E-state index contributed by atoms with van der Waals surface area (Å²) in [6.07, 6.45) is 0.0587. The smallest absolute Gasteiger partial charge is 0.237 e. The van der Waals surface area contributed by atoms with Crippen LogP contribution in [0, 0.1) is 22.7 Å². The van der Waals surface area contributed by atoms with E-state index in [1.807, 2.05) is 12.1 Å². The molecule has 1 aliphatic heterocycles. The van der Waals surface area contributed by atoms with Crippen LogP contribution in [0.1, 0.15) is 16.7 Å². The van der Waals surface area contributed by atoms with Crippen molar-refractivity contribution in [2.75, 3.05) is 16.4 Å². The van der Waals surface area contributed by atoms with Gasteiger partial charge in [-0.1, -0.05) is 0 Å². The minimum Gasteiger partial charge on any atom is -0.397 e. The Labute approximate surface area is 126 Å². The maximum Gasteiger partial charge on any atom is 0.237 e. The fourth-order valence-electron chi connectivity index (χ4n) is 2.42. The van der Waals surface area contributed by atoms with Crippen molar-refractivity contribution >= 4 is 28.9 Å². The molecule has 0 radical (unpaired) electrons. The average molecular weight is 290 g/mol. The third-order valence-electron chi connectivity index (χ3n) is 3.50. The molecule has 0 fully saturated rings. The van der Waals surface area contributed by atoms with Crippen LogP contribution in [0.5, 0.6) is 0 Å². The Hall–Kier alpha value is -3.58. The van der Waals surface area contributed by atoms with E-state index < -0.39 is 0 Å². The lowest BCUT2D eigenvalue weighted by molar-refractivity contribution is -0.116. The van der Waals surface area contributed by atoms with Gasteiger partial charge in [-0.25, -0.2) is 4.98 Å². The number of amides is 1. The van der Waals surface area contributed by atoms with Crippen molar-refractivity contribution in [1.29, 1.82) is 10.5 Å². The van der Waals surface area contributed by atoms with Crippen LogP contribution >= 0.6 is 0 Å². The Bertz CT molecular complexity index is 873. The van der Waals surface area contributed by atoms with Crippen molar-refractivity contribution in [3.63, 3.8) is 0 Å². The molecule has 2 heterocycles. The number of benzene rings is 1. The topological polar surface area (TPSA) is 133 Å². The zero-order chi connectivity index (χ0) is 15.9. The number of hydrogen-bond donors (Lipinski definition) is 2. The van der Waals surface area contributed by atoms with Crippen LogP contribution in [-0.4, -0.2) is 10.9 Å². The highest BCUT2D eigenvalue weighted by Gasteiger charge is 2.33. The van der Waals surface area contributed by atoms with Gasteiger partial charge < -0.3 is 11.5 Å². The molecule has 0 aliphatic carbocycles. The minimum atomic E-state index is -0.214. The summed E-state index contributed by atoms with van der Waals surface area (Å²) in [5.41, 5.74) is 13.5. The number of nitriles is 2. The normalized spacial score (nSPS) is 12.6. The molecule has 2 aromatic rings. The molecule has 0 bridgehead atoms. The van der Waals surface area contributed by atoms with E-state index >= 15 is 0 Å². The van der Waals surface area contributed by atoms with E-state index in [9.17, 15) is 4.79 Å². The van der Waals surface area contributed by atoms with E-state index in [2.05, 4.69) is 4.98 Å². The monoisotopic (exact) mass is 290 g/mol. The fourth-order valence-corrected chi connectivity index (χ4v) is 2.42. The summed E-state index contributed by atoms with van der Waals surface area (Å²) >= 11 is 0. The first-order chi connectivity index (χ1) is 10.6. The number of rotatable bonds is 1. The molecule has 0 spiro atoms. The van der Waals surface area contributed by atoms with Gasteiger partial charge in [0, 0.05) is 5.56 Å². The second kappa shape index (κ2) is 4.76. The van der Waals surface area contributed by atoms with E-state index in [0.717, 1.165) is 0 Å². The van der Waals surface area contributed by atoms with Crippen molar-refractivity contribution in [3.8, 4) is 12.1 Å². The number of carbonyl (C=O) groups excluding carboxylic acids is 1. The van der Waals surface area contributed by atoms with Crippen molar-refractivity contribution in [2.45, 2.75) is 6.42 Å². The van der Waals surface area contributed by atoms with Gasteiger partial charge in [-0.3, -0.25) is 9.69 Å². The average Bonchev–Trinajstić information content (AvgIpc) is 2.84. The van der Waals surface area contributed by atoms with E-state index in [1.165, 1.54) is 4.90 Å². The molecule has 0 unspecified atom stereocenters. The van der Waals surface area contributed by atoms with Gasteiger partial charge in [0.2, 0.25) is 5.91 Å². The van der Waals surface area contributed by atoms with Gasteiger partial charge >= 0.3 is 0 Å². The first-order valence-corrected chi connectivity index (χ1v) is 6.38. The van der Waals surface area contributed by atoms with Gasteiger partial charge in [-0.15, -0.1) is 0 Å². The summed E-state index contributed by atoms with van der Waals surface area (Å²) in [6.45, 7) is 0. The maximum atomic E-state index is 12.3. The minimum absolute atomic E-state index is 0.00732. The van der Waals surface area contributed by atoms with Gasteiger partial charge in [-0.05, 0) is 24.3 Å². The third kappa shape index (κ3) is 1.81. The first-order valence-electron chi connectivity index (χ1n) is 6.38. The number of carbonyl (C=O) groups is 1. The second-order valence-electron chi connectivity index (χ2n) is 4.76. The predicted octanol–water partition coefficient (Wildman–Crippen LogP) is 1.21. The van der Waals surface area contributed by atoms with E-state index in [0.29, 0.717) is 22.6 Å². The molecule has 3 rings (SSSR count). The molecule has 106 valence electrons. The molecule has 7 heteroatoms. The molecule has 1 aliphatic rings. The molecule has 0 atom stereocenters. The fraction of sp³-hybridized carbons (Fsp3) is 0.0667. The lowest BCUT2D eigenvalue weighted by atomic mass is 10.1. The van der Waals surface area contributed by atoms with Gasteiger partial charge in [0.25, 0.3) is 0 Å². The quantitative estimate of drug-likeness (QED) is 0.810. The number of aromatic nitrogens is 1. The number of hydrogen-bond acceptors (Lipinski definition) is 6. The number of pyridine rings is 1. The molecule has 0 saturated heterocycles. The van der Waals surface area contributed by atoms with Crippen molar-refractivity contribution in [2.24, 2.45) is 0 Å².